The molecule has 0 aliphatic heterocycles. The smallest absolute Gasteiger partial charge is 0.223 e. The highest BCUT2D eigenvalue weighted by Crippen LogP contribution is 2.32. The molecule has 0 aliphatic rings. The van der Waals surface area contributed by atoms with Gasteiger partial charge in [0.05, 0.1) is 14.2 Å². The molecule has 1 aromatic rings. The van der Waals surface area contributed by atoms with Crippen LogP contribution in [-0.4, -0.2) is 50.4 Å². The first-order chi connectivity index (χ1) is 11.4. The number of carbonyl (C=O) groups is 1. The summed E-state index contributed by atoms with van der Waals surface area (Å²) in [7, 11) is 5.08. The minimum atomic E-state index is 0. The number of nitrogens with two attached hydrogens (primary N) is 1. The largest absolute Gasteiger partial charge is 0.493 e. The molecule has 1 atom stereocenters. The van der Waals surface area contributed by atoms with Gasteiger partial charge in [-0.05, 0) is 30.5 Å². The lowest BCUT2D eigenvalue weighted by Gasteiger charge is -2.21. The van der Waals surface area contributed by atoms with Gasteiger partial charge in [-0.2, -0.15) is 0 Å². The third-order valence-electron chi connectivity index (χ3n) is 4.02. The van der Waals surface area contributed by atoms with Gasteiger partial charge in [0.1, 0.15) is 0 Å². The van der Waals surface area contributed by atoms with Gasteiger partial charge in [0.2, 0.25) is 5.91 Å². The molecule has 1 amide bonds. The minimum absolute atomic E-state index is 0. The molecular formula is C18H31ClN2O3S. The zero-order chi connectivity index (χ0) is 18.1. The number of benzene rings is 1. The van der Waals surface area contributed by atoms with Gasteiger partial charge in [0.25, 0.3) is 0 Å². The Morgan fingerprint density at radius 1 is 1.24 bits per heavy atom. The van der Waals surface area contributed by atoms with E-state index in [0.29, 0.717) is 30.4 Å². The number of hydrogen-bond acceptors (Lipinski definition) is 5. The Kier molecular flexibility index (Phi) is 11.7. The van der Waals surface area contributed by atoms with Crippen LogP contribution in [0.4, 0.5) is 0 Å². The van der Waals surface area contributed by atoms with Crippen molar-refractivity contribution in [1.29, 1.82) is 0 Å². The predicted octanol–water partition coefficient (Wildman–Crippen LogP) is 3.44. The fourth-order valence-corrected chi connectivity index (χ4v) is 3.02. The van der Waals surface area contributed by atoms with Crippen molar-refractivity contribution in [3.05, 3.63) is 18.2 Å². The van der Waals surface area contributed by atoms with Gasteiger partial charge in [0, 0.05) is 36.7 Å². The summed E-state index contributed by atoms with van der Waals surface area (Å²) in [5, 5.41) is 0. The van der Waals surface area contributed by atoms with Crippen molar-refractivity contribution < 1.29 is 14.3 Å². The monoisotopic (exact) mass is 390 g/mol. The third kappa shape index (κ3) is 8.21. The molecule has 0 radical (unpaired) electrons. The highest BCUT2D eigenvalue weighted by molar-refractivity contribution is 7.99. The molecule has 0 heterocycles. The van der Waals surface area contributed by atoms with Crippen molar-refractivity contribution in [3.8, 4) is 11.5 Å². The Bertz CT molecular complexity index is 529. The summed E-state index contributed by atoms with van der Waals surface area (Å²) in [5.74, 6) is 2.73. The van der Waals surface area contributed by atoms with Crippen molar-refractivity contribution >= 4 is 30.1 Å². The normalized spacial score (nSPS) is 11.6. The van der Waals surface area contributed by atoms with E-state index < -0.39 is 0 Å². The molecule has 2 N–H and O–H groups in total. The maximum absolute atomic E-state index is 12.2. The van der Waals surface area contributed by atoms with E-state index in [0.717, 1.165) is 17.1 Å². The van der Waals surface area contributed by atoms with Crippen LogP contribution in [-0.2, 0) is 4.79 Å². The van der Waals surface area contributed by atoms with Gasteiger partial charge in [-0.25, -0.2) is 0 Å². The number of rotatable bonds is 10. The van der Waals surface area contributed by atoms with E-state index in [1.54, 1.807) is 30.9 Å². The summed E-state index contributed by atoms with van der Waals surface area (Å²) in [6, 6.07) is 5.92. The van der Waals surface area contributed by atoms with Crippen LogP contribution in [0.2, 0.25) is 0 Å². The molecule has 25 heavy (non-hydrogen) atoms. The number of amides is 1. The number of carbonyl (C=O) groups excluding carboxylic acids is 1. The van der Waals surface area contributed by atoms with Gasteiger partial charge in [-0.1, -0.05) is 13.8 Å². The SMILES string of the molecule is COc1ccc(SCCC(=O)N(C)CCC(N)C(C)C)cc1OC.Cl. The highest BCUT2D eigenvalue weighted by atomic mass is 35.5. The number of ether oxygens (including phenoxy) is 2. The highest BCUT2D eigenvalue weighted by Gasteiger charge is 2.13. The van der Waals surface area contributed by atoms with Crippen LogP contribution in [0.5, 0.6) is 11.5 Å². The van der Waals surface area contributed by atoms with Crippen molar-refractivity contribution in [2.45, 2.75) is 37.6 Å². The fraction of sp³-hybridized carbons (Fsp3) is 0.611. The Balaban J connectivity index is 0.00000576. The average Bonchev–Trinajstić information content (AvgIpc) is 2.58. The third-order valence-corrected chi connectivity index (χ3v) is 5.02. The summed E-state index contributed by atoms with van der Waals surface area (Å²) in [5.41, 5.74) is 6.03. The van der Waals surface area contributed by atoms with E-state index in [4.69, 9.17) is 15.2 Å². The lowest BCUT2D eigenvalue weighted by Crippen LogP contribution is -2.34. The molecule has 0 spiro atoms. The second-order valence-corrected chi connectivity index (χ2v) is 7.30. The van der Waals surface area contributed by atoms with Crippen molar-refractivity contribution in [2.75, 3.05) is 33.6 Å². The Morgan fingerprint density at radius 3 is 2.44 bits per heavy atom. The quantitative estimate of drug-likeness (QED) is 0.620. The summed E-state index contributed by atoms with van der Waals surface area (Å²) in [6.07, 6.45) is 1.34. The second-order valence-electron chi connectivity index (χ2n) is 6.13. The molecule has 0 aromatic heterocycles. The maximum atomic E-state index is 12.2. The molecule has 144 valence electrons. The van der Waals surface area contributed by atoms with Crippen LogP contribution < -0.4 is 15.2 Å². The summed E-state index contributed by atoms with van der Waals surface area (Å²) in [6.45, 7) is 4.91. The van der Waals surface area contributed by atoms with Gasteiger partial charge < -0.3 is 20.1 Å². The van der Waals surface area contributed by atoms with Crippen molar-refractivity contribution in [1.82, 2.24) is 4.90 Å². The Morgan fingerprint density at radius 2 is 1.88 bits per heavy atom. The van der Waals surface area contributed by atoms with Crippen LogP contribution in [0.3, 0.4) is 0 Å². The molecule has 0 saturated heterocycles. The standard InChI is InChI=1S/C18H30N2O3S.ClH/c1-13(2)15(19)8-10-20(3)18(21)9-11-24-14-6-7-16(22-4)17(12-14)23-5;/h6-7,12-13,15H,8-11,19H2,1-5H3;1H. The van der Waals surface area contributed by atoms with Crippen LogP contribution in [0, 0.1) is 5.92 Å². The zero-order valence-corrected chi connectivity index (χ0v) is 17.4. The fourth-order valence-electron chi connectivity index (χ4n) is 2.15. The number of nitrogens with zero attached hydrogens (tertiary/aromatic N) is 1. The molecule has 0 aliphatic carbocycles. The molecule has 1 aromatic carbocycles. The maximum Gasteiger partial charge on any atom is 0.223 e. The van der Waals surface area contributed by atoms with E-state index in [-0.39, 0.29) is 24.4 Å². The van der Waals surface area contributed by atoms with Crippen molar-refractivity contribution in [2.24, 2.45) is 11.7 Å². The first kappa shape index (κ1) is 23.9. The van der Waals surface area contributed by atoms with Gasteiger partial charge in [-0.15, -0.1) is 24.2 Å². The Labute approximate surface area is 162 Å². The van der Waals surface area contributed by atoms with Crippen LogP contribution in [0.15, 0.2) is 23.1 Å². The van der Waals surface area contributed by atoms with E-state index in [1.165, 1.54) is 0 Å². The topological polar surface area (TPSA) is 64.8 Å². The van der Waals surface area contributed by atoms with Crippen molar-refractivity contribution in [3.63, 3.8) is 0 Å². The second kappa shape index (κ2) is 12.3. The first-order valence-electron chi connectivity index (χ1n) is 8.23. The van der Waals surface area contributed by atoms with Crippen LogP contribution in [0.1, 0.15) is 26.7 Å². The number of halogens is 1. The molecule has 0 bridgehead atoms. The van der Waals surface area contributed by atoms with Crippen LogP contribution in [0.25, 0.3) is 0 Å². The van der Waals surface area contributed by atoms with E-state index >= 15 is 0 Å². The summed E-state index contributed by atoms with van der Waals surface area (Å²) >= 11 is 1.64. The number of methoxy groups -OCH3 is 2. The van der Waals surface area contributed by atoms with Crippen LogP contribution >= 0.6 is 24.2 Å². The molecule has 1 rings (SSSR count). The van der Waals surface area contributed by atoms with E-state index in [9.17, 15) is 4.79 Å². The predicted molar refractivity (Wildman–Crippen MR) is 107 cm³/mol. The molecule has 1 unspecified atom stereocenters. The molecule has 5 nitrogen and oxygen atoms in total. The molecular weight excluding hydrogens is 360 g/mol. The van der Waals surface area contributed by atoms with Gasteiger partial charge in [0.15, 0.2) is 11.5 Å². The summed E-state index contributed by atoms with van der Waals surface area (Å²) < 4.78 is 10.5. The van der Waals surface area contributed by atoms with E-state index in [2.05, 4.69) is 13.8 Å². The zero-order valence-electron chi connectivity index (χ0n) is 15.8. The lowest BCUT2D eigenvalue weighted by atomic mass is 10.0. The number of thioether (sulfide) groups is 1. The average molecular weight is 391 g/mol. The minimum Gasteiger partial charge on any atom is -0.493 e. The van der Waals surface area contributed by atoms with E-state index in [1.807, 2.05) is 25.2 Å². The van der Waals surface area contributed by atoms with Gasteiger partial charge in [-0.3, -0.25) is 4.79 Å². The first-order valence-corrected chi connectivity index (χ1v) is 9.22. The lowest BCUT2D eigenvalue weighted by molar-refractivity contribution is -0.129. The Hall–Kier alpha value is -1.11. The summed E-state index contributed by atoms with van der Waals surface area (Å²) in [4.78, 5) is 15.0. The molecule has 0 saturated carbocycles. The molecule has 0 fully saturated rings. The number of hydrogen-bond donors (Lipinski definition) is 1. The molecule has 7 heteroatoms. The van der Waals surface area contributed by atoms with Gasteiger partial charge >= 0.3 is 0 Å².